The third-order valence-electron chi connectivity index (χ3n) is 3.01. The van der Waals surface area contributed by atoms with Crippen LogP contribution in [0.3, 0.4) is 0 Å². The van der Waals surface area contributed by atoms with E-state index in [2.05, 4.69) is 9.98 Å². The summed E-state index contributed by atoms with van der Waals surface area (Å²) in [6.07, 6.45) is 8.40. The van der Waals surface area contributed by atoms with Gasteiger partial charge in [0.05, 0.1) is 5.70 Å². The number of nitrogens with zero attached hydrogens (tertiary/aromatic N) is 1. The van der Waals surface area contributed by atoms with Gasteiger partial charge in [-0.2, -0.15) is 0 Å². The van der Waals surface area contributed by atoms with Crippen molar-refractivity contribution in [2.24, 2.45) is 4.99 Å². The van der Waals surface area contributed by atoms with Crippen LogP contribution in [0, 0.1) is 0 Å². The fraction of sp³-hybridized carbons (Fsp3) is 0. The molecule has 19 heavy (non-hydrogen) atoms. The van der Waals surface area contributed by atoms with E-state index < -0.39 is 0 Å². The van der Waals surface area contributed by atoms with E-state index in [9.17, 15) is 4.79 Å². The molecule has 1 aliphatic rings. The first-order valence-electron chi connectivity index (χ1n) is 6.03. The maximum Gasteiger partial charge on any atom is 0.150 e. The van der Waals surface area contributed by atoms with Gasteiger partial charge in [0.1, 0.15) is 6.29 Å². The maximum absolute atomic E-state index is 10.7. The van der Waals surface area contributed by atoms with E-state index >= 15 is 0 Å². The zero-order valence-electron chi connectivity index (χ0n) is 10.2. The average molecular weight is 248 g/mol. The summed E-state index contributed by atoms with van der Waals surface area (Å²) >= 11 is 0. The van der Waals surface area contributed by atoms with Crippen LogP contribution in [0.2, 0.25) is 0 Å². The Kier molecular flexibility index (Phi) is 2.94. The van der Waals surface area contributed by atoms with Crippen LogP contribution >= 0.6 is 0 Å². The van der Waals surface area contributed by atoms with Crippen molar-refractivity contribution in [1.29, 1.82) is 0 Å². The Labute approximate surface area is 111 Å². The van der Waals surface area contributed by atoms with Gasteiger partial charge >= 0.3 is 0 Å². The first-order chi connectivity index (χ1) is 9.38. The number of benzene rings is 1. The predicted octanol–water partition coefficient (Wildman–Crippen LogP) is 3.23. The lowest BCUT2D eigenvalue weighted by Gasteiger charge is -2.08. The molecule has 0 saturated carbocycles. The van der Waals surface area contributed by atoms with Crippen molar-refractivity contribution in [2.75, 3.05) is 0 Å². The molecule has 3 nitrogen and oxygen atoms in total. The molecular weight excluding hydrogens is 236 g/mol. The number of hydrogen-bond acceptors (Lipinski definition) is 2. The van der Waals surface area contributed by atoms with Crippen molar-refractivity contribution in [2.45, 2.75) is 0 Å². The number of nitrogens with one attached hydrogen (secondary N) is 1. The monoisotopic (exact) mass is 248 g/mol. The minimum Gasteiger partial charge on any atom is -0.361 e. The van der Waals surface area contributed by atoms with E-state index in [4.69, 9.17) is 0 Å². The summed E-state index contributed by atoms with van der Waals surface area (Å²) in [5.74, 6) is 0. The number of rotatable bonds is 3. The fourth-order valence-electron chi connectivity index (χ4n) is 2.10. The van der Waals surface area contributed by atoms with Crippen LogP contribution in [-0.2, 0) is 0 Å². The van der Waals surface area contributed by atoms with Gasteiger partial charge in [-0.25, -0.2) is 0 Å². The number of carbonyl (C=O) groups excluding carboxylic acids is 1. The Morgan fingerprint density at radius 3 is 2.58 bits per heavy atom. The van der Waals surface area contributed by atoms with Crippen molar-refractivity contribution in [3.05, 3.63) is 77.3 Å². The normalized spacial score (nSPS) is 15.8. The Hall–Kier alpha value is -2.68. The third kappa shape index (κ3) is 2.18. The van der Waals surface area contributed by atoms with Crippen LogP contribution < -0.4 is 0 Å². The van der Waals surface area contributed by atoms with Crippen molar-refractivity contribution < 1.29 is 4.79 Å². The van der Waals surface area contributed by atoms with E-state index in [1.165, 1.54) is 0 Å². The second-order valence-corrected chi connectivity index (χ2v) is 4.22. The Balaban J connectivity index is 2.14. The summed E-state index contributed by atoms with van der Waals surface area (Å²) in [5, 5.41) is 0. The SMILES string of the molecule is O=Cc1ccc(/C(=C2\C=CC=N2)c2ccc[nH]2)cc1. The number of allylic oxidation sites excluding steroid dienone is 2. The summed E-state index contributed by atoms with van der Waals surface area (Å²) in [4.78, 5) is 18.3. The standard InChI is InChI=1S/C16H12N2O/c19-11-12-5-7-13(8-6-12)16(14-3-1-9-17-14)15-4-2-10-18-15/h1-11,17H/b16-15-. The number of aldehydes is 1. The molecule has 1 N–H and O–H groups in total. The van der Waals surface area contributed by atoms with Gasteiger partial charge in [0.25, 0.3) is 0 Å². The highest BCUT2D eigenvalue weighted by atomic mass is 16.1. The molecule has 2 heterocycles. The zero-order chi connectivity index (χ0) is 13.1. The molecular formula is C16H12N2O. The number of H-pyrrole nitrogens is 1. The van der Waals surface area contributed by atoms with Gasteiger partial charge in [-0.1, -0.05) is 24.3 Å². The third-order valence-corrected chi connectivity index (χ3v) is 3.01. The smallest absolute Gasteiger partial charge is 0.150 e. The van der Waals surface area contributed by atoms with Gasteiger partial charge in [0, 0.05) is 29.2 Å². The minimum atomic E-state index is 0.671. The van der Waals surface area contributed by atoms with Crippen molar-refractivity contribution in [1.82, 2.24) is 4.98 Å². The molecule has 0 saturated heterocycles. The molecule has 92 valence electrons. The topological polar surface area (TPSA) is 45.2 Å². The van der Waals surface area contributed by atoms with E-state index in [1.54, 1.807) is 6.21 Å². The molecule has 3 rings (SSSR count). The summed E-state index contributed by atoms with van der Waals surface area (Å²) in [5.41, 5.74) is 4.67. The lowest BCUT2D eigenvalue weighted by Crippen LogP contribution is -1.92. The first kappa shape index (κ1) is 11.4. The highest BCUT2D eigenvalue weighted by Crippen LogP contribution is 2.28. The zero-order valence-corrected chi connectivity index (χ0v) is 10.2. The highest BCUT2D eigenvalue weighted by Gasteiger charge is 2.12. The molecule has 0 fully saturated rings. The van der Waals surface area contributed by atoms with Gasteiger partial charge in [-0.15, -0.1) is 0 Å². The number of aromatic nitrogens is 1. The number of hydrogen-bond donors (Lipinski definition) is 1. The quantitative estimate of drug-likeness (QED) is 0.833. The molecule has 1 aliphatic heterocycles. The van der Waals surface area contributed by atoms with E-state index in [-0.39, 0.29) is 0 Å². The summed E-state index contributed by atoms with van der Waals surface area (Å²) in [6.45, 7) is 0. The van der Waals surface area contributed by atoms with Crippen molar-refractivity contribution in [3.8, 4) is 0 Å². The second kappa shape index (κ2) is 4.90. The Morgan fingerprint density at radius 1 is 1.16 bits per heavy atom. The van der Waals surface area contributed by atoms with Crippen LogP contribution in [0.25, 0.3) is 5.57 Å². The highest BCUT2D eigenvalue weighted by molar-refractivity contribution is 5.88. The van der Waals surface area contributed by atoms with Gasteiger partial charge in [0.2, 0.25) is 0 Å². The minimum absolute atomic E-state index is 0.671. The Morgan fingerprint density at radius 2 is 2.00 bits per heavy atom. The molecule has 0 amide bonds. The van der Waals surface area contributed by atoms with Crippen LogP contribution in [0.4, 0.5) is 0 Å². The molecule has 2 aromatic rings. The number of aliphatic imine (C=N–C) groups is 1. The van der Waals surface area contributed by atoms with E-state index in [0.29, 0.717) is 5.56 Å². The lowest BCUT2D eigenvalue weighted by atomic mass is 9.99. The molecule has 0 unspecified atom stereocenters. The largest absolute Gasteiger partial charge is 0.361 e. The Bertz CT molecular complexity index is 660. The van der Waals surface area contributed by atoms with Crippen LogP contribution in [0.1, 0.15) is 21.6 Å². The van der Waals surface area contributed by atoms with Gasteiger partial charge in [-0.3, -0.25) is 9.79 Å². The number of carbonyl (C=O) groups is 1. The van der Waals surface area contributed by atoms with Crippen molar-refractivity contribution >= 4 is 18.1 Å². The van der Waals surface area contributed by atoms with Crippen LogP contribution in [0.5, 0.6) is 0 Å². The van der Waals surface area contributed by atoms with Crippen LogP contribution in [0.15, 0.2) is 65.4 Å². The molecule has 3 heteroatoms. The predicted molar refractivity (Wildman–Crippen MR) is 76.3 cm³/mol. The molecule has 0 radical (unpaired) electrons. The molecule has 0 spiro atoms. The van der Waals surface area contributed by atoms with Gasteiger partial charge in [0.15, 0.2) is 0 Å². The summed E-state index contributed by atoms with van der Waals surface area (Å²) in [6, 6.07) is 11.5. The molecule has 0 aliphatic carbocycles. The van der Waals surface area contributed by atoms with E-state index in [0.717, 1.165) is 28.8 Å². The van der Waals surface area contributed by atoms with E-state index in [1.807, 2.05) is 54.7 Å². The number of aromatic amines is 1. The molecule has 0 atom stereocenters. The van der Waals surface area contributed by atoms with Gasteiger partial charge < -0.3 is 4.98 Å². The summed E-state index contributed by atoms with van der Waals surface area (Å²) < 4.78 is 0. The molecule has 0 bridgehead atoms. The average Bonchev–Trinajstić information content (AvgIpc) is 3.13. The second-order valence-electron chi connectivity index (χ2n) is 4.22. The lowest BCUT2D eigenvalue weighted by molar-refractivity contribution is 0.112. The maximum atomic E-state index is 10.7. The molecule has 1 aromatic heterocycles. The fourth-order valence-corrected chi connectivity index (χ4v) is 2.10. The first-order valence-corrected chi connectivity index (χ1v) is 6.03. The van der Waals surface area contributed by atoms with Gasteiger partial charge in [-0.05, 0) is 29.8 Å². The molecule has 1 aromatic carbocycles. The van der Waals surface area contributed by atoms with Crippen LogP contribution in [-0.4, -0.2) is 17.5 Å². The van der Waals surface area contributed by atoms with Crippen molar-refractivity contribution in [3.63, 3.8) is 0 Å². The summed E-state index contributed by atoms with van der Waals surface area (Å²) in [7, 11) is 0.